The summed E-state index contributed by atoms with van der Waals surface area (Å²) in [4.78, 5) is 24.3. The molecule has 0 aliphatic heterocycles. The first-order valence-corrected chi connectivity index (χ1v) is 6.76. The summed E-state index contributed by atoms with van der Waals surface area (Å²) in [5.41, 5.74) is 3.75. The van der Waals surface area contributed by atoms with Crippen molar-refractivity contribution in [3.05, 3.63) is 20.8 Å². The van der Waals surface area contributed by atoms with Gasteiger partial charge in [-0.05, 0) is 12.8 Å². The first kappa shape index (κ1) is 17.3. The first-order chi connectivity index (χ1) is 9.66. The van der Waals surface area contributed by atoms with Crippen LogP contribution in [0, 0.1) is 5.92 Å². The van der Waals surface area contributed by atoms with Crippen LogP contribution in [0.1, 0.15) is 20.8 Å². The van der Waals surface area contributed by atoms with Gasteiger partial charge < -0.3 is 21.3 Å². The number of nitrogen functional groups attached to an aromatic ring is 1. The van der Waals surface area contributed by atoms with Crippen LogP contribution < -0.4 is 22.3 Å². The summed E-state index contributed by atoms with van der Waals surface area (Å²) >= 11 is 0. The molecule has 21 heavy (non-hydrogen) atoms. The molecule has 1 aromatic rings. The topological polar surface area (TPSA) is 123 Å². The second-order valence-corrected chi connectivity index (χ2v) is 5.91. The molecule has 0 aliphatic rings. The van der Waals surface area contributed by atoms with Gasteiger partial charge in [0.25, 0.3) is 5.56 Å². The number of aliphatic hydroxyl groups excluding tert-OH is 2. The maximum atomic E-state index is 12.2. The van der Waals surface area contributed by atoms with E-state index in [0.29, 0.717) is 6.54 Å². The maximum absolute atomic E-state index is 12.2. The van der Waals surface area contributed by atoms with E-state index in [1.165, 1.54) is 11.6 Å². The zero-order chi connectivity index (χ0) is 16.4. The minimum absolute atomic E-state index is 0.00310. The monoisotopic (exact) mass is 300 g/mol. The molecule has 8 heteroatoms. The van der Waals surface area contributed by atoms with E-state index < -0.39 is 30.0 Å². The van der Waals surface area contributed by atoms with E-state index in [0.717, 1.165) is 4.57 Å². The van der Waals surface area contributed by atoms with Gasteiger partial charge in [0.2, 0.25) is 0 Å². The minimum Gasteiger partial charge on any atom is -0.394 e. The van der Waals surface area contributed by atoms with E-state index in [1.54, 1.807) is 6.92 Å². The molecule has 5 N–H and O–H groups in total. The van der Waals surface area contributed by atoms with E-state index in [9.17, 15) is 19.8 Å². The molecular weight excluding hydrogens is 276 g/mol. The normalized spacial score (nSPS) is 12.0. The van der Waals surface area contributed by atoms with Crippen LogP contribution in [0.5, 0.6) is 0 Å². The highest BCUT2D eigenvalue weighted by Crippen LogP contribution is 2.17. The SMILES string of the molecule is CC(C)Cn1c(N)c(NC(C)(CO)CO)c(=O)n(C)c1=O. The van der Waals surface area contributed by atoms with Crippen molar-refractivity contribution in [2.45, 2.75) is 32.9 Å². The quantitative estimate of drug-likeness (QED) is 0.531. The molecule has 120 valence electrons. The average Bonchev–Trinajstić information content (AvgIpc) is 2.45. The molecule has 0 atom stereocenters. The summed E-state index contributed by atoms with van der Waals surface area (Å²) in [5, 5.41) is 21.4. The third kappa shape index (κ3) is 3.45. The molecule has 0 aliphatic carbocycles. The number of anilines is 2. The van der Waals surface area contributed by atoms with E-state index in [-0.39, 0.29) is 17.4 Å². The Kier molecular flexibility index (Phi) is 5.19. The predicted molar refractivity (Wildman–Crippen MR) is 81.4 cm³/mol. The molecule has 1 heterocycles. The summed E-state index contributed by atoms with van der Waals surface area (Å²) < 4.78 is 2.26. The van der Waals surface area contributed by atoms with Crippen molar-refractivity contribution >= 4 is 11.5 Å². The Morgan fingerprint density at radius 2 is 1.81 bits per heavy atom. The van der Waals surface area contributed by atoms with Gasteiger partial charge in [-0.2, -0.15) is 0 Å². The number of hydrogen-bond donors (Lipinski definition) is 4. The Balaban J connectivity index is 3.49. The molecule has 0 aromatic carbocycles. The minimum atomic E-state index is -1.11. The van der Waals surface area contributed by atoms with Gasteiger partial charge in [0.05, 0.1) is 18.8 Å². The average molecular weight is 300 g/mol. The van der Waals surface area contributed by atoms with Gasteiger partial charge in [0.1, 0.15) is 11.5 Å². The second kappa shape index (κ2) is 6.31. The molecule has 0 bridgehead atoms. The molecule has 0 saturated carbocycles. The smallest absolute Gasteiger partial charge is 0.332 e. The van der Waals surface area contributed by atoms with Crippen LogP contribution in [-0.2, 0) is 13.6 Å². The predicted octanol–water partition coefficient (Wildman–Crippen LogP) is -1.06. The lowest BCUT2D eigenvalue weighted by atomic mass is 10.1. The van der Waals surface area contributed by atoms with Crippen LogP contribution in [0.25, 0.3) is 0 Å². The zero-order valence-corrected chi connectivity index (χ0v) is 12.9. The van der Waals surface area contributed by atoms with Crippen molar-refractivity contribution in [3.63, 3.8) is 0 Å². The Morgan fingerprint density at radius 1 is 1.29 bits per heavy atom. The number of nitrogens with zero attached hydrogens (tertiary/aromatic N) is 2. The fourth-order valence-corrected chi connectivity index (χ4v) is 1.87. The highest BCUT2D eigenvalue weighted by atomic mass is 16.3. The van der Waals surface area contributed by atoms with E-state index in [4.69, 9.17) is 5.73 Å². The van der Waals surface area contributed by atoms with Crippen LogP contribution in [0.15, 0.2) is 9.59 Å². The Morgan fingerprint density at radius 3 is 2.24 bits per heavy atom. The van der Waals surface area contributed by atoms with Crippen molar-refractivity contribution in [3.8, 4) is 0 Å². The van der Waals surface area contributed by atoms with Gasteiger partial charge in [0.15, 0.2) is 0 Å². The number of aliphatic hydroxyl groups is 2. The second-order valence-electron chi connectivity index (χ2n) is 5.91. The largest absolute Gasteiger partial charge is 0.394 e. The van der Waals surface area contributed by atoms with E-state index in [1.807, 2.05) is 13.8 Å². The van der Waals surface area contributed by atoms with Crippen LogP contribution in [0.4, 0.5) is 11.5 Å². The number of hydrogen-bond acceptors (Lipinski definition) is 6. The van der Waals surface area contributed by atoms with Gasteiger partial charge in [0, 0.05) is 13.6 Å². The van der Waals surface area contributed by atoms with Gasteiger partial charge in [-0.3, -0.25) is 13.9 Å². The molecule has 0 saturated heterocycles. The number of nitrogens with one attached hydrogen (secondary N) is 1. The Bertz CT molecular complexity index is 614. The number of rotatable bonds is 6. The van der Waals surface area contributed by atoms with E-state index in [2.05, 4.69) is 5.32 Å². The van der Waals surface area contributed by atoms with Gasteiger partial charge in [-0.15, -0.1) is 0 Å². The summed E-state index contributed by atoms with van der Waals surface area (Å²) in [6.45, 7) is 4.97. The molecule has 1 rings (SSSR count). The van der Waals surface area contributed by atoms with Crippen molar-refractivity contribution < 1.29 is 10.2 Å². The highest BCUT2D eigenvalue weighted by molar-refractivity contribution is 5.62. The van der Waals surface area contributed by atoms with Gasteiger partial charge in [-0.25, -0.2) is 4.79 Å². The maximum Gasteiger partial charge on any atom is 0.332 e. The standard InChI is InChI=1S/C13H24N4O4/c1-8(2)5-17-10(14)9(11(20)16(4)12(17)21)15-13(3,6-18)7-19/h8,15,18-19H,5-7,14H2,1-4H3. The van der Waals surface area contributed by atoms with Gasteiger partial charge >= 0.3 is 5.69 Å². The fourth-order valence-electron chi connectivity index (χ4n) is 1.87. The van der Waals surface area contributed by atoms with Crippen LogP contribution in [0.2, 0.25) is 0 Å². The van der Waals surface area contributed by atoms with Gasteiger partial charge in [-0.1, -0.05) is 13.8 Å². The lowest BCUT2D eigenvalue weighted by Crippen LogP contribution is -2.48. The van der Waals surface area contributed by atoms with Crippen molar-refractivity contribution in [1.29, 1.82) is 0 Å². The molecule has 0 amide bonds. The lowest BCUT2D eigenvalue weighted by molar-refractivity contribution is 0.147. The molecule has 0 radical (unpaired) electrons. The summed E-state index contributed by atoms with van der Waals surface area (Å²) in [6.07, 6.45) is 0. The lowest BCUT2D eigenvalue weighted by Gasteiger charge is -2.28. The fraction of sp³-hybridized carbons (Fsp3) is 0.692. The molecule has 8 nitrogen and oxygen atoms in total. The highest BCUT2D eigenvalue weighted by Gasteiger charge is 2.26. The first-order valence-electron chi connectivity index (χ1n) is 6.76. The molecule has 0 fully saturated rings. The zero-order valence-electron chi connectivity index (χ0n) is 12.9. The number of aromatic nitrogens is 2. The van der Waals surface area contributed by atoms with Crippen LogP contribution in [-0.4, -0.2) is 38.1 Å². The third-order valence-corrected chi connectivity index (χ3v) is 3.26. The Hall–Kier alpha value is -1.80. The number of nitrogens with two attached hydrogens (primary N) is 1. The molecule has 1 aromatic heterocycles. The molecular formula is C13H24N4O4. The summed E-state index contributed by atoms with van der Waals surface area (Å²) in [7, 11) is 1.36. The van der Waals surface area contributed by atoms with Crippen molar-refractivity contribution in [2.75, 3.05) is 24.3 Å². The summed E-state index contributed by atoms with van der Waals surface area (Å²) in [6, 6.07) is 0. The van der Waals surface area contributed by atoms with E-state index >= 15 is 0 Å². The molecule has 0 unspecified atom stereocenters. The Labute approximate surface area is 122 Å². The van der Waals surface area contributed by atoms with Crippen molar-refractivity contribution in [2.24, 2.45) is 13.0 Å². The molecule has 0 spiro atoms. The summed E-state index contributed by atoms with van der Waals surface area (Å²) in [5.74, 6) is 0.169. The van der Waals surface area contributed by atoms with Crippen LogP contribution in [0.3, 0.4) is 0 Å². The van der Waals surface area contributed by atoms with Crippen molar-refractivity contribution in [1.82, 2.24) is 9.13 Å². The third-order valence-electron chi connectivity index (χ3n) is 3.26. The van der Waals surface area contributed by atoms with Crippen LogP contribution >= 0.6 is 0 Å².